The summed E-state index contributed by atoms with van der Waals surface area (Å²) in [7, 11) is 1.61. The van der Waals surface area contributed by atoms with Crippen LogP contribution in [0.15, 0.2) is 52.9 Å². The summed E-state index contributed by atoms with van der Waals surface area (Å²) in [5.74, 6) is 1.91. The summed E-state index contributed by atoms with van der Waals surface area (Å²) in [4.78, 5) is 16.1. The third-order valence-corrected chi connectivity index (χ3v) is 3.91. The van der Waals surface area contributed by atoms with Crippen molar-refractivity contribution in [2.45, 2.75) is 20.5 Å². The van der Waals surface area contributed by atoms with Crippen molar-refractivity contribution in [2.75, 3.05) is 7.05 Å². The van der Waals surface area contributed by atoms with Crippen LogP contribution in [0.3, 0.4) is 0 Å². The molecule has 2 aromatic carbocycles. The lowest BCUT2D eigenvalue weighted by molar-refractivity contribution is 0.0963. The van der Waals surface area contributed by atoms with Crippen molar-refractivity contribution in [1.82, 2.24) is 10.3 Å². The van der Waals surface area contributed by atoms with Crippen molar-refractivity contribution in [3.63, 3.8) is 0 Å². The molecular weight excluding hydrogens is 316 g/mol. The van der Waals surface area contributed by atoms with Crippen LogP contribution in [0.25, 0.3) is 11.5 Å². The molecule has 5 nitrogen and oxygen atoms in total. The fraction of sp³-hybridized carbons (Fsp3) is 0.200. The fourth-order valence-electron chi connectivity index (χ4n) is 2.38. The van der Waals surface area contributed by atoms with Crippen LogP contribution in [-0.2, 0) is 6.61 Å². The van der Waals surface area contributed by atoms with Gasteiger partial charge in [-0.15, -0.1) is 0 Å². The molecule has 0 aliphatic carbocycles. The first-order valence-corrected chi connectivity index (χ1v) is 8.05. The lowest BCUT2D eigenvalue weighted by Gasteiger charge is -2.04. The molecule has 1 amide bonds. The number of hydrogen-bond acceptors (Lipinski definition) is 4. The molecule has 0 fully saturated rings. The molecule has 25 heavy (non-hydrogen) atoms. The van der Waals surface area contributed by atoms with Gasteiger partial charge in [-0.2, -0.15) is 0 Å². The number of ether oxygens (including phenoxy) is 1. The van der Waals surface area contributed by atoms with Gasteiger partial charge in [0.05, 0.1) is 0 Å². The van der Waals surface area contributed by atoms with E-state index in [2.05, 4.69) is 10.3 Å². The predicted octanol–water partition coefficient (Wildman–Crippen LogP) is 3.90. The molecule has 0 saturated carbocycles. The number of benzene rings is 2. The van der Waals surface area contributed by atoms with Gasteiger partial charge >= 0.3 is 0 Å². The van der Waals surface area contributed by atoms with Gasteiger partial charge in [0.15, 0.2) is 0 Å². The van der Waals surface area contributed by atoms with Crippen LogP contribution in [0.1, 0.15) is 27.4 Å². The lowest BCUT2D eigenvalue weighted by Crippen LogP contribution is -2.17. The highest BCUT2D eigenvalue weighted by Gasteiger charge is 2.13. The van der Waals surface area contributed by atoms with Crippen molar-refractivity contribution in [1.29, 1.82) is 0 Å². The minimum atomic E-state index is -0.123. The third kappa shape index (κ3) is 3.88. The normalized spacial score (nSPS) is 10.5. The van der Waals surface area contributed by atoms with Crippen LogP contribution in [0.4, 0.5) is 0 Å². The van der Waals surface area contributed by atoms with Crippen LogP contribution in [-0.4, -0.2) is 17.9 Å². The number of amides is 1. The van der Waals surface area contributed by atoms with Gasteiger partial charge in [0.25, 0.3) is 5.91 Å². The van der Waals surface area contributed by atoms with E-state index in [0.717, 1.165) is 22.8 Å². The Balaban J connectivity index is 1.73. The van der Waals surface area contributed by atoms with E-state index in [4.69, 9.17) is 9.15 Å². The minimum Gasteiger partial charge on any atom is -0.487 e. The molecule has 0 atom stereocenters. The van der Waals surface area contributed by atoms with Gasteiger partial charge in [-0.05, 0) is 50.2 Å². The Bertz CT molecular complexity index is 865. The lowest BCUT2D eigenvalue weighted by atomic mass is 10.1. The highest BCUT2D eigenvalue weighted by atomic mass is 16.5. The second-order valence-electron chi connectivity index (χ2n) is 5.78. The summed E-state index contributed by atoms with van der Waals surface area (Å²) >= 11 is 0. The number of aryl methyl sites for hydroxylation is 2. The first-order valence-electron chi connectivity index (χ1n) is 8.05. The molecule has 0 aliphatic heterocycles. The molecule has 128 valence electrons. The van der Waals surface area contributed by atoms with Crippen molar-refractivity contribution in [3.8, 4) is 17.2 Å². The van der Waals surface area contributed by atoms with Gasteiger partial charge in [-0.25, -0.2) is 4.98 Å². The Morgan fingerprint density at radius 3 is 2.40 bits per heavy atom. The van der Waals surface area contributed by atoms with Crippen LogP contribution >= 0.6 is 0 Å². The number of nitrogens with one attached hydrogen (secondary N) is 1. The molecule has 1 N–H and O–H groups in total. The zero-order chi connectivity index (χ0) is 17.8. The highest BCUT2D eigenvalue weighted by Crippen LogP contribution is 2.23. The molecule has 5 heteroatoms. The molecule has 0 bridgehead atoms. The molecule has 1 aromatic heterocycles. The third-order valence-electron chi connectivity index (χ3n) is 3.91. The Kier molecular flexibility index (Phi) is 4.84. The van der Waals surface area contributed by atoms with E-state index in [9.17, 15) is 4.79 Å². The SMILES string of the molecule is CNC(=O)c1ccc(-c2nc(COc3ccc(C)cc3)c(C)o2)cc1. The fourth-order valence-corrected chi connectivity index (χ4v) is 2.38. The highest BCUT2D eigenvalue weighted by molar-refractivity contribution is 5.94. The second-order valence-corrected chi connectivity index (χ2v) is 5.78. The van der Waals surface area contributed by atoms with Gasteiger partial charge in [0, 0.05) is 18.2 Å². The summed E-state index contributed by atoms with van der Waals surface area (Å²) in [6.07, 6.45) is 0. The van der Waals surface area contributed by atoms with E-state index in [0.29, 0.717) is 18.1 Å². The maximum atomic E-state index is 11.6. The van der Waals surface area contributed by atoms with Gasteiger partial charge in [0.1, 0.15) is 23.8 Å². The Labute approximate surface area is 146 Å². The van der Waals surface area contributed by atoms with E-state index in [1.807, 2.05) is 50.2 Å². The first-order chi connectivity index (χ1) is 12.1. The largest absolute Gasteiger partial charge is 0.487 e. The summed E-state index contributed by atoms with van der Waals surface area (Å²) in [6.45, 7) is 4.24. The van der Waals surface area contributed by atoms with E-state index >= 15 is 0 Å². The van der Waals surface area contributed by atoms with E-state index < -0.39 is 0 Å². The number of carbonyl (C=O) groups excluding carboxylic acids is 1. The summed E-state index contributed by atoms with van der Waals surface area (Å²) in [5.41, 5.74) is 3.35. The minimum absolute atomic E-state index is 0.123. The molecule has 3 aromatic rings. The average molecular weight is 336 g/mol. The van der Waals surface area contributed by atoms with Crippen LogP contribution in [0.5, 0.6) is 5.75 Å². The maximum absolute atomic E-state index is 11.6. The van der Waals surface area contributed by atoms with E-state index in [-0.39, 0.29) is 5.91 Å². The quantitative estimate of drug-likeness (QED) is 0.767. The Morgan fingerprint density at radius 1 is 1.08 bits per heavy atom. The molecule has 0 spiro atoms. The zero-order valence-electron chi connectivity index (χ0n) is 14.5. The smallest absolute Gasteiger partial charge is 0.251 e. The molecular formula is C20H20N2O3. The van der Waals surface area contributed by atoms with Crippen molar-refractivity contribution in [2.24, 2.45) is 0 Å². The van der Waals surface area contributed by atoms with Crippen LogP contribution in [0, 0.1) is 13.8 Å². The van der Waals surface area contributed by atoms with Crippen LogP contribution < -0.4 is 10.1 Å². The van der Waals surface area contributed by atoms with Crippen molar-refractivity contribution < 1.29 is 13.9 Å². The van der Waals surface area contributed by atoms with Crippen LogP contribution in [0.2, 0.25) is 0 Å². The van der Waals surface area contributed by atoms with Gasteiger partial charge in [0.2, 0.25) is 5.89 Å². The molecule has 0 unspecified atom stereocenters. The summed E-state index contributed by atoms with van der Waals surface area (Å²) in [6, 6.07) is 15.0. The summed E-state index contributed by atoms with van der Waals surface area (Å²) in [5, 5.41) is 2.59. The number of carbonyl (C=O) groups is 1. The molecule has 1 heterocycles. The van der Waals surface area contributed by atoms with Crippen molar-refractivity contribution in [3.05, 3.63) is 71.1 Å². The molecule has 0 saturated heterocycles. The summed E-state index contributed by atoms with van der Waals surface area (Å²) < 4.78 is 11.5. The van der Waals surface area contributed by atoms with Gasteiger partial charge < -0.3 is 14.5 Å². The monoisotopic (exact) mass is 336 g/mol. The standard InChI is InChI=1S/C20H20N2O3/c1-13-4-10-17(11-5-13)24-12-18-14(2)25-20(22-18)16-8-6-15(7-9-16)19(23)21-3/h4-11H,12H2,1-3H3,(H,21,23). The number of aromatic nitrogens is 1. The maximum Gasteiger partial charge on any atom is 0.251 e. The number of hydrogen-bond donors (Lipinski definition) is 1. The van der Waals surface area contributed by atoms with E-state index in [1.54, 1.807) is 19.2 Å². The average Bonchev–Trinajstić information content (AvgIpc) is 3.01. The van der Waals surface area contributed by atoms with E-state index in [1.165, 1.54) is 5.56 Å². The number of nitrogens with zero attached hydrogens (tertiary/aromatic N) is 1. The molecule has 0 radical (unpaired) electrons. The first kappa shape index (κ1) is 16.8. The van der Waals surface area contributed by atoms with Gasteiger partial charge in [-0.1, -0.05) is 17.7 Å². The van der Waals surface area contributed by atoms with Gasteiger partial charge in [-0.3, -0.25) is 4.79 Å². The Morgan fingerprint density at radius 2 is 1.76 bits per heavy atom. The number of rotatable bonds is 5. The second kappa shape index (κ2) is 7.21. The molecule has 3 rings (SSSR count). The van der Waals surface area contributed by atoms with Crippen molar-refractivity contribution >= 4 is 5.91 Å². The number of oxazole rings is 1. The topological polar surface area (TPSA) is 64.4 Å². The molecule has 0 aliphatic rings. The Hall–Kier alpha value is -3.08. The predicted molar refractivity (Wildman–Crippen MR) is 95.6 cm³/mol. The zero-order valence-corrected chi connectivity index (χ0v) is 14.5.